The fourth-order valence-corrected chi connectivity index (χ4v) is 1.62. The van der Waals surface area contributed by atoms with Crippen molar-refractivity contribution in [1.82, 2.24) is 0 Å². The number of unbranched alkanes of at least 4 members (excludes halogenated alkanes) is 6. The summed E-state index contributed by atoms with van der Waals surface area (Å²) in [5.41, 5.74) is 0. The van der Waals surface area contributed by atoms with Crippen molar-refractivity contribution in [2.24, 2.45) is 0 Å². The summed E-state index contributed by atoms with van der Waals surface area (Å²) in [4.78, 5) is 20.2. The largest absolute Gasteiger partial charge is 0.481 e. The van der Waals surface area contributed by atoms with Crippen LogP contribution >= 0.6 is 11.6 Å². The van der Waals surface area contributed by atoms with Crippen LogP contribution in [-0.4, -0.2) is 28.0 Å². The maximum atomic E-state index is 10.1. The van der Waals surface area contributed by atoms with Gasteiger partial charge in [-0.2, -0.15) is 0 Å². The topological polar surface area (TPSA) is 74.6 Å². The highest BCUT2D eigenvalue weighted by molar-refractivity contribution is 6.17. The molecule has 0 unspecified atom stereocenters. The molecule has 19 heavy (non-hydrogen) atoms. The highest BCUT2D eigenvalue weighted by Crippen LogP contribution is 2.06. The van der Waals surface area contributed by atoms with Crippen LogP contribution < -0.4 is 0 Å². The summed E-state index contributed by atoms with van der Waals surface area (Å²) in [6.45, 7) is 2.17. The Labute approximate surface area is 121 Å². The molecule has 0 saturated heterocycles. The van der Waals surface area contributed by atoms with Gasteiger partial charge in [-0.25, -0.2) is 0 Å². The van der Waals surface area contributed by atoms with E-state index in [1.807, 2.05) is 0 Å². The van der Waals surface area contributed by atoms with Gasteiger partial charge in [-0.3, -0.25) is 9.59 Å². The summed E-state index contributed by atoms with van der Waals surface area (Å²) in [5.74, 6) is -0.690. The monoisotopic (exact) mass is 294 g/mol. The van der Waals surface area contributed by atoms with Crippen molar-refractivity contribution in [1.29, 1.82) is 0 Å². The van der Waals surface area contributed by atoms with Gasteiger partial charge in [0, 0.05) is 18.7 Å². The van der Waals surface area contributed by atoms with E-state index in [1.54, 1.807) is 0 Å². The molecule has 2 N–H and O–H groups in total. The predicted octanol–water partition coefficient (Wildman–Crippen LogP) is 4.30. The Balaban J connectivity index is 0. The zero-order valence-electron chi connectivity index (χ0n) is 11.9. The average Bonchev–Trinajstić information content (AvgIpc) is 2.35. The lowest BCUT2D eigenvalue weighted by Gasteiger charge is -1.97. The van der Waals surface area contributed by atoms with Crippen molar-refractivity contribution < 1.29 is 19.8 Å². The van der Waals surface area contributed by atoms with Crippen LogP contribution in [0.1, 0.15) is 71.1 Å². The molecule has 0 amide bonds. The normalized spacial score (nSPS) is 9.58. The molecule has 0 spiro atoms. The van der Waals surface area contributed by atoms with Gasteiger partial charge in [-0.15, -0.1) is 11.6 Å². The fraction of sp³-hybridized carbons (Fsp3) is 0.857. The Bertz CT molecular complexity index is 197. The van der Waals surface area contributed by atoms with Gasteiger partial charge in [0.1, 0.15) is 0 Å². The molecule has 0 aliphatic heterocycles. The molecule has 0 aromatic carbocycles. The van der Waals surface area contributed by atoms with Crippen LogP contribution in [0.25, 0.3) is 0 Å². The first kappa shape index (κ1) is 20.5. The molecule has 4 nitrogen and oxygen atoms in total. The molecule has 0 radical (unpaired) electrons. The van der Waals surface area contributed by atoms with Gasteiger partial charge in [0.15, 0.2) is 0 Å². The molecular formula is C14H27ClO4. The number of aliphatic carboxylic acids is 2. The lowest BCUT2D eigenvalue weighted by atomic mass is 10.1. The number of carbonyl (C=O) groups is 2. The Morgan fingerprint density at radius 1 is 0.789 bits per heavy atom. The van der Waals surface area contributed by atoms with E-state index in [0.717, 1.165) is 25.1 Å². The van der Waals surface area contributed by atoms with E-state index in [2.05, 4.69) is 6.92 Å². The summed E-state index contributed by atoms with van der Waals surface area (Å²) in [5, 5.41) is 16.6. The molecule has 0 bridgehead atoms. The minimum atomic E-state index is -0.759. The average molecular weight is 295 g/mol. The summed E-state index contributed by atoms with van der Waals surface area (Å²) in [7, 11) is 0. The zero-order chi connectivity index (χ0) is 14.9. The number of rotatable bonds is 11. The second-order valence-corrected chi connectivity index (χ2v) is 4.83. The van der Waals surface area contributed by atoms with Gasteiger partial charge in [-0.1, -0.05) is 39.0 Å². The number of hydrogen-bond acceptors (Lipinski definition) is 2. The Kier molecular flexibility index (Phi) is 18.6. The number of carboxylic acid groups (broad SMARTS) is 2. The van der Waals surface area contributed by atoms with Crippen molar-refractivity contribution in [3.05, 3.63) is 0 Å². The van der Waals surface area contributed by atoms with Gasteiger partial charge >= 0.3 is 11.9 Å². The summed E-state index contributed by atoms with van der Waals surface area (Å²) in [6.07, 6.45) is 8.26. The van der Waals surface area contributed by atoms with Crippen LogP contribution in [0.4, 0.5) is 0 Å². The summed E-state index contributed by atoms with van der Waals surface area (Å²) >= 11 is 5.38. The van der Waals surface area contributed by atoms with Crippen molar-refractivity contribution in [3.63, 3.8) is 0 Å². The molecule has 0 aliphatic rings. The Morgan fingerprint density at radius 2 is 1.21 bits per heavy atom. The Morgan fingerprint density at radius 3 is 1.47 bits per heavy atom. The standard InChI is InChI=1S/C9H16O4.C5H11Cl/c10-8(11)6-4-2-1-3-5-7-9(12)13;1-2-3-4-5-6/h1-7H2,(H,10,11)(H,12,13);2-5H2,1H3. The van der Waals surface area contributed by atoms with E-state index in [0.29, 0.717) is 12.8 Å². The molecule has 0 aromatic heterocycles. The lowest BCUT2D eigenvalue weighted by molar-refractivity contribution is -0.138. The lowest BCUT2D eigenvalue weighted by Crippen LogP contribution is -1.95. The number of halogens is 1. The van der Waals surface area contributed by atoms with Gasteiger partial charge in [0.05, 0.1) is 0 Å². The second kappa shape index (κ2) is 17.2. The quantitative estimate of drug-likeness (QED) is 0.440. The Hall–Kier alpha value is -0.770. The molecule has 0 aromatic rings. The molecule has 0 heterocycles. The molecular weight excluding hydrogens is 268 g/mol. The second-order valence-electron chi connectivity index (χ2n) is 4.45. The highest BCUT2D eigenvalue weighted by atomic mass is 35.5. The number of carboxylic acids is 2. The van der Waals surface area contributed by atoms with E-state index in [9.17, 15) is 9.59 Å². The molecule has 0 saturated carbocycles. The minimum Gasteiger partial charge on any atom is -0.481 e. The summed E-state index contributed by atoms with van der Waals surface area (Å²) in [6, 6.07) is 0. The maximum Gasteiger partial charge on any atom is 0.303 e. The first-order chi connectivity index (χ1) is 9.04. The van der Waals surface area contributed by atoms with Crippen LogP contribution in [-0.2, 0) is 9.59 Å². The minimum absolute atomic E-state index is 0.221. The number of hydrogen-bond donors (Lipinski definition) is 2. The van der Waals surface area contributed by atoms with Crippen molar-refractivity contribution in [2.75, 3.05) is 5.88 Å². The molecule has 0 rings (SSSR count). The molecule has 0 atom stereocenters. The number of alkyl halides is 1. The van der Waals surface area contributed by atoms with Crippen LogP contribution in [0, 0.1) is 0 Å². The van der Waals surface area contributed by atoms with Crippen molar-refractivity contribution in [2.45, 2.75) is 71.1 Å². The van der Waals surface area contributed by atoms with Gasteiger partial charge in [0.25, 0.3) is 0 Å². The smallest absolute Gasteiger partial charge is 0.303 e. The first-order valence-electron chi connectivity index (χ1n) is 7.04. The molecule has 5 heteroatoms. The zero-order valence-corrected chi connectivity index (χ0v) is 12.6. The first-order valence-corrected chi connectivity index (χ1v) is 7.57. The third-order valence-corrected chi connectivity index (χ3v) is 2.79. The van der Waals surface area contributed by atoms with Gasteiger partial charge < -0.3 is 10.2 Å². The molecule has 0 aliphatic carbocycles. The van der Waals surface area contributed by atoms with Crippen molar-refractivity contribution in [3.8, 4) is 0 Å². The van der Waals surface area contributed by atoms with Crippen LogP contribution in [0.3, 0.4) is 0 Å². The van der Waals surface area contributed by atoms with Gasteiger partial charge in [0.2, 0.25) is 0 Å². The predicted molar refractivity (Wildman–Crippen MR) is 77.8 cm³/mol. The molecule has 114 valence electrons. The van der Waals surface area contributed by atoms with E-state index < -0.39 is 11.9 Å². The van der Waals surface area contributed by atoms with E-state index in [-0.39, 0.29) is 12.8 Å². The SMILES string of the molecule is CCCCCCl.O=C(O)CCCCCCCC(=O)O. The van der Waals surface area contributed by atoms with E-state index in [1.165, 1.54) is 19.3 Å². The van der Waals surface area contributed by atoms with Crippen LogP contribution in [0.2, 0.25) is 0 Å². The highest BCUT2D eigenvalue weighted by Gasteiger charge is 1.98. The third-order valence-electron chi connectivity index (χ3n) is 2.52. The third kappa shape index (κ3) is 26.7. The maximum absolute atomic E-state index is 10.1. The van der Waals surface area contributed by atoms with Gasteiger partial charge in [-0.05, 0) is 19.3 Å². The van der Waals surface area contributed by atoms with E-state index in [4.69, 9.17) is 21.8 Å². The summed E-state index contributed by atoms with van der Waals surface area (Å²) < 4.78 is 0. The fourth-order valence-electron chi connectivity index (χ4n) is 1.43. The van der Waals surface area contributed by atoms with Crippen LogP contribution in [0.15, 0.2) is 0 Å². The van der Waals surface area contributed by atoms with E-state index >= 15 is 0 Å². The van der Waals surface area contributed by atoms with Crippen LogP contribution in [0.5, 0.6) is 0 Å². The van der Waals surface area contributed by atoms with Crippen molar-refractivity contribution >= 4 is 23.5 Å². The molecule has 0 fully saturated rings.